The van der Waals surface area contributed by atoms with Gasteiger partial charge >= 0.3 is 0 Å². The van der Waals surface area contributed by atoms with E-state index >= 15 is 0 Å². The number of aromatic nitrogens is 2. The molecule has 0 N–H and O–H groups in total. The van der Waals surface area contributed by atoms with Gasteiger partial charge in [-0.2, -0.15) is 0 Å². The van der Waals surface area contributed by atoms with Crippen LogP contribution in [-0.2, 0) is 0 Å². The lowest BCUT2D eigenvalue weighted by Crippen LogP contribution is -2.00. The number of methoxy groups -OCH3 is 2. The van der Waals surface area contributed by atoms with Gasteiger partial charge in [0.2, 0.25) is 0 Å². The van der Waals surface area contributed by atoms with E-state index in [0.29, 0.717) is 21.8 Å². The number of rotatable bonds is 3. The van der Waals surface area contributed by atoms with Crippen molar-refractivity contribution in [1.29, 1.82) is 0 Å². The van der Waals surface area contributed by atoms with Gasteiger partial charge in [-0.25, -0.2) is 4.98 Å². The summed E-state index contributed by atoms with van der Waals surface area (Å²) in [5.74, 6) is 1.24. The highest BCUT2D eigenvalue weighted by atomic mass is 127. The van der Waals surface area contributed by atoms with Crippen molar-refractivity contribution in [2.45, 2.75) is 0 Å². The summed E-state index contributed by atoms with van der Waals surface area (Å²) in [6, 6.07) is 5.64. The predicted molar refractivity (Wildman–Crippen MR) is 81.0 cm³/mol. The number of pyridine rings is 2. The molecule has 18 heavy (non-hydrogen) atoms. The first-order chi connectivity index (χ1) is 8.69. The lowest BCUT2D eigenvalue weighted by Gasteiger charge is -2.14. The number of hydrogen-bond donors (Lipinski definition) is 0. The Morgan fingerprint density at radius 2 is 1.89 bits per heavy atom. The fourth-order valence-electron chi connectivity index (χ4n) is 1.55. The Morgan fingerprint density at radius 1 is 1.17 bits per heavy atom. The fraction of sp³-hybridized carbons (Fsp3) is 0.167. The zero-order chi connectivity index (χ0) is 13.1. The number of ether oxygens (including phenoxy) is 2. The zero-order valence-corrected chi connectivity index (χ0v) is 13.5. The minimum atomic E-state index is 0.587. The third kappa shape index (κ3) is 2.44. The summed E-state index contributed by atoms with van der Waals surface area (Å²) in [6.07, 6.45) is 1.72. The Hall–Kier alpha value is -0.890. The van der Waals surface area contributed by atoms with Crippen molar-refractivity contribution in [1.82, 2.24) is 9.97 Å². The molecule has 2 rings (SSSR count). The van der Waals surface area contributed by atoms with Crippen LogP contribution in [0.2, 0.25) is 0 Å². The normalized spacial score (nSPS) is 10.2. The van der Waals surface area contributed by atoms with Crippen LogP contribution >= 0.6 is 38.5 Å². The van der Waals surface area contributed by atoms with Gasteiger partial charge in [-0.05, 0) is 50.7 Å². The van der Waals surface area contributed by atoms with E-state index in [0.717, 1.165) is 9.26 Å². The van der Waals surface area contributed by atoms with E-state index in [1.54, 1.807) is 20.4 Å². The van der Waals surface area contributed by atoms with Crippen LogP contribution in [0.25, 0.3) is 11.4 Å². The molecule has 0 spiro atoms. The van der Waals surface area contributed by atoms with Crippen LogP contribution in [0.4, 0.5) is 0 Å². The van der Waals surface area contributed by atoms with E-state index in [1.165, 1.54) is 0 Å². The molecule has 0 amide bonds. The average molecular weight is 421 g/mol. The summed E-state index contributed by atoms with van der Waals surface area (Å²) in [5.41, 5.74) is 1.40. The minimum Gasteiger partial charge on any atom is -0.492 e. The SMILES string of the molecule is COc1c(-c2ccccn2)nc(Br)c(I)c1OC. The summed E-state index contributed by atoms with van der Waals surface area (Å²) in [7, 11) is 3.20. The summed E-state index contributed by atoms with van der Waals surface area (Å²) < 4.78 is 12.4. The predicted octanol–water partition coefficient (Wildman–Crippen LogP) is 3.53. The molecule has 0 saturated carbocycles. The highest BCUT2D eigenvalue weighted by molar-refractivity contribution is 14.1. The van der Waals surface area contributed by atoms with Crippen molar-refractivity contribution >= 4 is 38.5 Å². The van der Waals surface area contributed by atoms with Gasteiger partial charge in [-0.3, -0.25) is 4.98 Å². The van der Waals surface area contributed by atoms with Crippen molar-refractivity contribution in [2.24, 2.45) is 0 Å². The quantitative estimate of drug-likeness (QED) is 0.562. The molecule has 0 unspecified atom stereocenters. The summed E-state index contributed by atoms with van der Waals surface area (Å²) in [5, 5.41) is 0. The maximum Gasteiger partial charge on any atom is 0.190 e. The molecule has 2 aromatic rings. The molecule has 4 nitrogen and oxygen atoms in total. The van der Waals surface area contributed by atoms with Crippen molar-refractivity contribution in [3.8, 4) is 22.9 Å². The molecule has 0 aliphatic carbocycles. The highest BCUT2D eigenvalue weighted by Gasteiger charge is 2.20. The summed E-state index contributed by atoms with van der Waals surface area (Å²) in [4.78, 5) is 8.75. The largest absolute Gasteiger partial charge is 0.492 e. The summed E-state index contributed by atoms with van der Waals surface area (Å²) in [6.45, 7) is 0. The average Bonchev–Trinajstić information content (AvgIpc) is 2.42. The molecule has 94 valence electrons. The molecule has 0 aliphatic heterocycles. The standard InChI is InChI=1S/C12H10BrIN2O2/c1-17-10-8(14)12(13)16-9(11(10)18-2)7-5-3-4-6-15-7/h3-6H,1-2H3. The second kappa shape index (κ2) is 5.83. The topological polar surface area (TPSA) is 44.2 Å². The first-order valence-corrected chi connectivity index (χ1v) is 6.94. The van der Waals surface area contributed by atoms with Gasteiger partial charge in [0, 0.05) is 6.20 Å². The Morgan fingerprint density at radius 3 is 2.44 bits per heavy atom. The number of nitrogens with zero attached hydrogens (tertiary/aromatic N) is 2. The Bertz CT molecular complexity index is 564. The molecule has 6 heteroatoms. The maximum absolute atomic E-state index is 5.40. The van der Waals surface area contributed by atoms with Crippen LogP contribution in [0, 0.1) is 3.57 Å². The molecule has 0 bridgehead atoms. The van der Waals surface area contributed by atoms with Gasteiger partial charge < -0.3 is 9.47 Å². The zero-order valence-electron chi connectivity index (χ0n) is 9.78. The van der Waals surface area contributed by atoms with Crippen LogP contribution in [0.3, 0.4) is 0 Å². The molecule has 0 saturated heterocycles. The molecule has 0 aliphatic rings. The first kappa shape index (κ1) is 13.5. The fourth-order valence-corrected chi connectivity index (χ4v) is 2.49. The van der Waals surface area contributed by atoms with Crippen molar-refractivity contribution in [3.63, 3.8) is 0 Å². The first-order valence-electron chi connectivity index (χ1n) is 5.07. The van der Waals surface area contributed by atoms with E-state index < -0.39 is 0 Å². The van der Waals surface area contributed by atoms with E-state index in [2.05, 4.69) is 48.5 Å². The van der Waals surface area contributed by atoms with Crippen molar-refractivity contribution < 1.29 is 9.47 Å². The maximum atomic E-state index is 5.40. The molecule has 0 aromatic carbocycles. The van der Waals surface area contributed by atoms with Gasteiger partial charge in [-0.1, -0.05) is 6.07 Å². The molecule has 2 heterocycles. The van der Waals surface area contributed by atoms with Gasteiger partial charge in [0.25, 0.3) is 0 Å². The van der Waals surface area contributed by atoms with Gasteiger partial charge in [0.15, 0.2) is 11.5 Å². The molecule has 0 radical (unpaired) electrons. The molecular formula is C12H10BrIN2O2. The Kier molecular flexibility index (Phi) is 4.39. The van der Waals surface area contributed by atoms with E-state index in [-0.39, 0.29) is 0 Å². The lowest BCUT2D eigenvalue weighted by molar-refractivity contribution is 0.352. The third-order valence-electron chi connectivity index (χ3n) is 2.33. The Balaban J connectivity index is 2.71. The van der Waals surface area contributed by atoms with Crippen LogP contribution in [0.5, 0.6) is 11.5 Å². The molecular weight excluding hydrogens is 411 g/mol. The lowest BCUT2D eigenvalue weighted by atomic mass is 10.2. The van der Waals surface area contributed by atoms with Gasteiger partial charge in [0.1, 0.15) is 10.3 Å². The third-order valence-corrected chi connectivity index (χ3v) is 4.64. The van der Waals surface area contributed by atoms with E-state index in [9.17, 15) is 0 Å². The molecule has 0 atom stereocenters. The minimum absolute atomic E-state index is 0.587. The van der Waals surface area contributed by atoms with E-state index in [4.69, 9.17) is 9.47 Å². The highest BCUT2D eigenvalue weighted by Crippen LogP contribution is 2.41. The van der Waals surface area contributed by atoms with Crippen LogP contribution < -0.4 is 9.47 Å². The van der Waals surface area contributed by atoms with Crippen molar-refractivity contribution in [2.75, 3.05) is 14.2 Å². The van der Waals surface area contributed by atoms with Gasteiger partial charge in [0.05, 0.1) is 23.5 Å². The smallest absolute Gasteiger partial charge is 0.190 e. The summed E-state index contributed by atoms with van der Waals surface area (Å²) >= 11 is 5.57. The number of hydrogen-bond acceptors (Lipinski definition) is 4. The van der Waals surface area contributed by atoms with Gasteiger partial charge in [-0.15, -0.1) is 0 Å². The Labute approximate surface area is 127 Å². The van der Waals surface area contributed by atoms with Crippen molar-refractivity contribution in [3.05, 3.63) is 32.6 Å². The number of halogens is 2. The second-order valence-electron chi connectivity index (χ2n) is 3.35. The monoisotopic (exact) mass is 420 g/mol. The van der Waals surface area contributed by atoms with Crippen LogP contribution in [-0.4, -0.2) is 24.2 Å². The van der Waals surface area contributed by atoms with Crippen LogP contribution in [0.15, 0.2) is 29.0 Å². The van der Waals surface area contributed by atoms with Crippen LogP contribution in [0.1, 0.15) is 0 Å². The molecule has 2 aromatic heterocycles. The molecule has 0 fully saturated rings. The second-order valence-corrected chi connectivity index (χ2v) is 5.18. The van der Waals surface area contributed by atoms with E-state index in [1.807, 2.05) is 18.2 Å².